The van der Waals surface area contributed by atoms with Gasteiger partial charge in [0.25, 0.3) is 0 Å². The third kappa shape index (κ3) is 5.90. The molecule has 0 saturated carbocycles. The highest BCUT2D eigenvalue weighted by molar-refractivity contribution is 5.87. The quantitative estimate of drug-likeness (QED) is 0.242. The van der Waals surface area contributed by atoms with E-state index in [0.717, 1.165) is 11.1 Å². The fourth-order valence-electron chi connectivity index (χ4n) is 4.09. The first kappa shape index (κ1) is 25.3. The van der Waals surface area contributed by atoms with Gasteiger partial charge in [-0.15, -0.1) is 0 Å². The van der Waals surface area contributed by atoms with E-state index in [1.165, 1.54) is 24.3 Å². The van der Waals surface area contributed by atoms with E-state index in [9.17, 15) is 23.8 Å². The molecule has 1 aromatic heterocycles. The predicted octanol–water partition coefficient (Wildman–Crippen LogP) is 4.58. The van der Waals surface area contributed by atoms with E-state index < -0.39 is 18.6 Å². The molecule has 0 spiro atoms. The Kier molecular flexibility index (Phi) is 7.67. The van der Waals surface area contributed by atoms with Gasteiger partial charge in [0.2, 0.25) is 5.56 Å². The summed E-state index contributed by atoms with van der Waals surface area (Å²) in [6, 6.07) is 19.0. The van der Waals surface area contributed by atoms with E-state index in [2.05, 4.69) is 10.3 Å². The van der Waals surface area contributed by atoms with Gasteiger partial charge in [0.1, 0.15) is 11.5 Å². The molecule has 1 heterocycles. The first-order chi connectivity index (χ1) is 17.2. The van der Waals surface area contributed by atoms with E-state index >= 15 is 0 Å². The summed E-state index contributed by atoms with van der Waals surface area (Å²) >= 11 is 0. The van der Waals surface area contributed by atoms with Crippen LogP contribution in [0, 0.1) is 6.92 Å². The van der Waals surface area contributed by atoms with Crippen molar-refractivity contribution in [3.8, 4) is 11.5 Å². The number of alkyl halides is 2. The van der Waals surface area contributed by atoms with Crippen molar-refractivity contribution in [3.63, 3.8) is 0 Å². The molecule has 0 amide bonds. The number of aliphatic hydroxyl groups excluding tert-OH is 1. The lowest BCUT2D eigenvalue weighted by Crippen LogP contribution is -2.24. The number of nitrogens with one attached hydrogen (secondary N) is 2. The van der Waals surface area contributed by atoms with Crippen LogP contribution in [0.5, 0.6) is 11.5 Å². The average Bonchev–Trinajstić information content (AvgIpc) is 2.87. The Balaban J connectivity index is 1.30. The zero-order valence-corrected chi connectivity index (χ0v) is 19.8. The second kappa shape index (κ2) is 10.9. The molecule has 8 heteroatoms. The minimum Gasteiger partial charge on any atom is -0.506 e. The molecule has 6 nitrogen and oxygen atoms in total. The number of benzene rings is 3. The van der Waals surface area contributed by atoms with Crippen LogP contribution >= 0.6 is 0 Å². The molecule has 0 unspecified atom stereocenters. The van der Waals surface area contributed by atoms with Crippen molar-refractivity contribution >= 4 is 10.9 Å². The average molecular weight is 495 g/mol. The number of fused-ring (bicyclic) bond motifs is 1. The van der Waals surface area contributed by atoms with Gasteiger partial charge in [0, 0.05) is 23.6 Å². The lowest BCUT2D eigenvalue weighted by molar-refractivity contribution is -0.0468. The molecule has 0 radical (unpaired) electrons. The van der Waals surface area contributed by atoms with Crippen LogP contribution in [-0.2, 0) is 12.3 Å². The Morgan fingerprint density at radius 1 is 1.06 bits per heavy atom. The maximum atomic E-state index is 14.4. The number of aromatic hydroxyl groups is 1. The van der Waals surface area contributed by atoms with Crippen LogP contribution in [0.3, 0.4) is 0 Å². The molecular formula is C28H28F2N2O4. The number of pyridine rings is 1. The van der Waals surface area contributed by atoms with Gasteiger partial charge in [-0.3, -0.25) is 4.79 Å². The van der Waals surface area contributed by atoms with Gasteiger partial charge >= 0.3 is 5.92 Å². The molecular weight excluding hydrogens is 466 g/mol. The van der Waals surface area contributed by atoms with Gasteiger partial charge in [-0.05, 0) is 54.8 Å². The van der Waals surface area contributed by atoms with Crippen LogP contribution in [0.25, 0.3) is 10.9 Å². The zero-order valence-electron chi connectivity index (χ0n) is 19.8. The number of aromatic amines is 1. The third-order valence-corrected chi connectivity index (χ3v) is 6.04. The number of halogens is 2. The summed E-state index contributed by atoms with van der Waals surface area (Å²) < 4.78 is 34.2. The monoisotopic (exact) mass is 494 g/mol. The molecule has 0 aliphatic heterocycles. The lowest BCUT2D eigenvalue weighted by Gasteiger charge is -2.19. The smallest absolute Gasteiger partial charge is 0.306 e. The topological polar surface area (TPSA) is 94.6 Å². The molecule has 188 valence electrons. The molecule has 1 atom stereocenters. The minimum atomic E-state index is -3.09. The Bertz CT molecular complexity index is 1390. The summed E-state index contributed by atoms with van der Waals surface area (Å²) in [7, 11) is 0. The number of hydrogen-bond donors (Lipinski definition) is 4. The molecule has 0 aliphatic rings. The number of aryl methyl sites for hydroxylation is 1. The number of aliphatic hydroxyl groups is 1. The van der Waals surface area contributed by atoms with Gasteiger partial charge in [0.15, 0.2) is 6.61 Å². The minimum absolute atomic E-state index is 0.0572. The maximum absolute atomic E-state index is 14.4. The lowest BCUT2D eigenvalue weighted by atomic mass is 10.0. The molecule has 0 saturated heterocycles. The standard InChI is InChI=1S/C28H28F2N2O4/c1-18-15-19(7-11-25(18)36-17-28(29,30)20-5-3-2-4-6-20)13-14-31-16-24(34)21-8-10-23(33)27-22(21)9-12-26(35)32-27/h2-12,15,24,31,33-34H,13-14,16-17H2,1H3,(H,32,35)/t24-/m0/s1. The molecule has 3 aromatic carbocycles. The van der Waals surface area contributed by atoms with Gasteiger partial charge in [0.05, 0.1) is 11.6 Å². The highest BCUT2D eigenvalue weighted by Crippen LogP contribution is 2.30. The van der Waals surface area contributed by atoms with Crippen molar-refractivity contribution < 1.29 is 23.7 Å². The van der Waals surface area contributed by atoms with Gasteiger partial charge in [-0.1, -0.05) is 48.5 Å². The Hall–Kier alpha value is -3.75. The van der Waals surface area contributed by atoms with Crippen molar-refractivity contribution in [2.45, 2.75) is 25.4 Å². The van der Waals surface area contributed by atoms with Crippen molar-refractivity contribution in [2.75, 3.05) is 19.7 Å². The summed E-state index contributed by atoms with van der Waals surface area (Å²) in [5.41, 5.74) is 2.24. The second-order valence-corrected chi connectivity index (χ2v) is 8.71. The van der Waals surface area contributed by atoms with E-state index in [4.69, 9.17) is 4.74 Å². The number of rotatable bonds is 10. The van der Waals surface area contributed by atoms with Crippen molar-refractivity contribution in [3.05, 3.63) is 105 Å². The molecule has 4 rings (SSSR count). The summed E-state index contributed by atoms with van der Waals surface area (Å²) in [6.45, 7) is 1.93. The fourth-order valence-corrected chi connectivity index (χ4v) is 4.09. The normalized spacial score (nSPS) is 12.6. The maximum Gasteiger partial charge on any atom is 0.306 e. The van der Waals surface area contributed by atoms with Gasteiger partial charge in [-0.2, -0.15) is 8.78 Å². The number of H-pyrrole nitrogens is 1. The molecule has 4 N–H and O–H groups in total. The van der Waals surface area contributed by atoms with E-state index in [1.54, 1.807) is 36.4 Å². The highest BCUT2D eigenvalue weighted by atomic mass is 19.3. The summed E-state index contributed by atoms with van der Waals surface area (Å²) in [4.78, 5) is 14.2. The van der Waals surface area contributed by atoms with Gasteiger partial charge in [-0.25, -0.2) is 0 Å². The zero-order chi connectivity index (χ0) is 25.7. The molecule has 0 bridgehead atoms. The van der Waals surface area contributed by atoms with Crippen LogP contribution in [-0.4, -0.2) is 34.9 Å². The fraction of sp³-hybridized carbons (Fsp3) is 0.250. The van der Waals surface area contributed by atoms with Crippen molar-refractivity contribution in [1.82, 2.24) is 10.3 Å². The first-order valence-corrected chi connectivity index (χ1v) is 11.6. The molecule has 0 fully saturated rings. The Morgan fingerprint density at radius 3 is 2.58 bits per heavy atom. The van der Waals surface area contributed by atoms with E-state index in [0.29, 0.717) is 35.2 Å². The van der Waals surface area contributed by atoms with E-state index in [-0.39, 0.29) is 23.4 Å². The number of hydrogen-bond acceptors (Lipinski definition) is 5. The molecule has 0 aliphatic carbocycles. The number of aromatic nitrogens is 1. The number of phenols is 1. The van der Waals surface area contributed by atoms with Crippen LogP contribution in [0.1, 0.15) is 28.4 Å². The van der Waals surface area contributed by atoms with Crippen LogP contribution in [0.2, 0.25) is 0 Å². The highest BCUT2D eigenvalue weighted by Gasteiger charge is 2.32. The number of ether oxygens (including phenoxy) is 1. The Labute approximate surface area is 207 Å². The molecule has 4 aromatic rings. The van der Waals surface area contributed by atoms with Crippen LogP contribution < -0.4 is 15.6 Å². The van der Waals surface area contributed by atoms with Crippen molar-refractivity contribution in [2.24, 2.45) is 0 Å². The summed E-state index contributed by atoms with van der Waals surface area (Å²) in [6.07, 6.45) is -0.180. The Morgan fingerprint density at radius 2 is 1.83 bits per heavy atom. The number of phenolic OH excluding ortho intramolecular Hbond substituents is 1. The third-order valence-electron chi connectivity index (χ3n) is 6.04. The summed E-state index contributed by atoms with van der Waals surface area (Å²) in [5, 5.41) is 24.4. The SMILES string of the molecule is Cc1cc(CCNC[C@H](O)c2ccc(O)c3[nH]c(=O)ccc23)ccc1OCC(F)(F)c1ccccc1. The summed E-state index contributed by atoms with van der Waals surface area (Å²) in [5.74, 6) is -2.73. The largest absolute Gasteiger partial charge is 0.506 e. The van der Waals surface area contributed by atoms with Crippen LogP contribution in [0.4, 0.5) is 8.78 Å². The predicted molar refractivity (Wildman–Crippen MR) is 135 cm³/mol. The van der Waals surface area contributed by atoms with Crippen molar-refractivity contribution in [1.29, 1.82) is 0 Å². The van der Waals surface area contributed by atoms with Gasteiger partial charge < -0.3 is 25.3 Å². The van der Waals surface area contributed by atoms with E-state index in [1.807, 2.05) is 19.1 Å². The first-order valence-electron chi connectivity index (χ1n) is 11.6. The van der Waals surface area contributed by atoms with Crippen LogP contribution in [0.15, 0.2) is 77.6 Å². The second-order valence-electron chi connectivity index (χ2n) is 8.71. The molecule has 36 heavy (non-hydrogen) atoms.